The first kappa shape index (κ1) is 11.9. The summed E-state index contributed by atoms with van der Waals surface area (Å²) in [7, 11) is 2.95. The summed E-state index contributed by atoms with van der Waals surface area (Å²) < 4.78 is 0. The van der Waals surface area contributed by atoms with E-state index in [2.05, 4.69) is 0 Å². The highest BCUT2D eigenvalue weighted by Gasteiger charge is 1.91. The minimum Gasteiger partial charge on any atom is -0.465 e. The molecule has 5 heteroatoms. The molecule has 0 unspecified atom stereocenters. The smallest absolute Gasteiger partial charge is 0.406 e. The summed E-state index contributed by atoms with van der Waals surface area (Å²) in [5, 5.41) is 23.2. The minimum absolute atomic E-state index is 0.125. The van der Waals surface area contributed by atoms with E-state index in [1.807, 2.05) is 0 Å². The van der Waals surface area contributed by atoms with Crippen LogP contribution in [0.1, 0.15) is 0 Å². The molecular formula is C5H13NO4. The molecule has 0 saturated heterocycles. The van der Waals surface area contributed by atoms with Crippen LogP contribution in [-0.4, -0.2) is 53.6 Å². The van der Waals surface area contributed by atoms with E-state index in [4.69, 9.17) is 15.3 Å². The Balaban J connectivity index is 0. The molecule has 0 radical (unpaired) electrons. The summed E-state index contributed by atoms with van der Waals surface area (Å²) in [4.78, 5) is 10.7. The molecule has 0 aliphatic carbocycles. The van der Waals surface area contributed by atoms with Crippen LogP contribution in [0.15, 0.2) is 0 Å². The van der Waals surface area contributed by atoms with Gasteiger partial charge in [0.05, 0.1) is 13.2 Å². The topological polar surface area (TPSA) is 81.0 Å². The first-order chi connectivity index (χ1) is 4.56. The van der Waals surface area contributed by atoms with Gasteiger partial charge in [-0.1, -0.05) is 0 Å². The lowest BCUT2D eigenvalue weighted by Gasteiger charge is -1.99. The van der Waals surface area contributed by atoms with E-state index in [0.29, 0.717) is 0 Å². The Morgan fingerprint density at radius 2 is 1.50 bits per heavy atom. The quantitative estimate of drug-likeness (QED) is 0.458. The van der Waals surface area contributed by atoms with E-state index >= 15 is 0 Å². The van der Waals surface area contributed by atoms with Crippen molar-refractivity contribution in [3.8, 4) is 0 Å². The van der Waals surface area contributed by atoms with Crippen LogP contribution < -0.4 is 0 Å². The normalized spacial score (nSPS) is 7.60. The van der Waals surface area contributed by atoms with Crippen molar-refractivity contribution < 1.29 is 20.1 Å². The van der Waals surface area contributed by atoms with Crippen molar-refractivity contribution in [2.75, 3.05) is 27.3 Å². The van der Waals surface area contributed by atoms with Crippen molar-refractivity contribution in [1.29, 1.82) is 0 Å². The molecule has 10 heavy (non-hydrogen) atoms. The van der Waals surface area contributed by atoms with Gasteiger partial charge in [-0.3, -0.25) is 0 Å². The van der Waals surface area contributed by atoms with Crippen molar-refractivity contribution in [2.24, 2.45) is 0 Å². The number of hydrogen-bond acceptors (Lipinski definition) is 3. The molecule has 0 aromatic rings. The maximum atomic E-state index is 9.62. The Bertz CT molecular complexity index is 81.7. The lowest BCUT2D eigenvalue weighted by atomic mass is 10.8. The van der Waals surface area contributed by atoms with E-state index in [0.717, 1.165) is 4.90 Å². The Morgan fingerprint density at radius 1 is 1.30 bits per heavy atom. The molecule has 0 saturated carbocycles. The number of carbonyl (C=O) groups is 1. The van der Waals surface area contributed by atoms with Gasteiger partial charge in [0.15, 0.2) is 0 Å². The number of amides is 1. The van der Waals surface area contributed by atoms with Crippen LogP contribution in [0.4, 0.5) is 4.79 Å². The van der Waals surface area contributed by atoms with Gasteiger partial charge in [0.1, 0.15) is 0 Å². The van der Waals surface area contributed by atoms with Crippen molar-refractivity contribution >= 4 is 6.09 Å². The third kappa shape index (κ3) is 15.7. The van der Waals surface area contributed by atoms with Crippen molar-refractivity contribution in [2.45, 2.75) is 0 Å². The third-order valence-electron chi connectivity index (χ3n) is 0.483. The van der Waals surface area contributed by atoms with Gasteiger partial charge in [-0.2, -0.15) is 0 Å². The molecule has 5 nitrogen and oxygen atoms in total. The predicted molar refractivity (Wildman–Crippen MR) is 35.9 cm³/mol. The van der Waals surface area contributed by atoms with Crippen LogP contribution in [0.3, 0.4) is 0 Å². The van der Waals surface area contributed by atoms with Gasteiger partial charge in [0, 0.05) is 14.1 Å². The second kappa shape index (κ2) is 8.19. The number of rotatable bonds is 1. The average molecular weight is 151 g/mol. The SMILES string of the molecule is CN(C)C(=O)O.OCCO. The van der Waals surface area contributed by atoms with Gasteiger partial charge in [-0.15, -0.1) is 0 Å². The summed E-state index contributed by atoms with van der Waals surface area (Å²) in [6.07, 6.45) is -0.907. The lowest BCUT2D eigenvalue weighted by Crippen LogP contribution is -2.18. The van der Waals surface area contributed by atoms with E-state index in [1.165, 1.54) is 14.1 Å². The first-order valence-corrected chi connectivity index (χ1v) is 2.68. The second-order valence-electron chi connectivity index (χ2n) is 1.62. The number of aliphatic hydroxyl groups is 2. The van der Waals surface area contributed by atoms with Crippen LogP contribution in [0.5, 0.6) is 0 Å². The highest BCUT2D eigenvalue weighted by molar-refractivity contribution is 5.63. The highest BCUT2D eigenvalue weighted by atomic mass is 16.4. The van der Waals surface area contributed by atoms with E-state index < -0.39 is 6.09 Å². The van der Waals surface area contributed by atoms with Gasteiger partial charge >= 0.3 is 6.09 Å². The molecule has 0 aliphatic heterocycles. The number of nitrogens with zero attached hydrogens (tertiary/aromatic N) is 1. The van der Waals surface area contributed by atoms with Gasteiger partial charge in [0.2, 0.25) is 0 Å². The third-order valence-corrected chi connectivity index (χ3v) is 0.483. The molecule has 0 rings (SSSR count). The van der Waals surface area contributed by atoms with Crippen LogP contribution in [-0.2, 0) is 0 Å². The molecular weight excluding hydrogens is 138 g/mol. The monoisotopic (exact) mass is 151 g/mol. The largest absolute Gasteiger partial charge is 0.465 e. The van der Waals surface area contributed by atoms with Crippen LogP contribution in [0.2, 0.25) is 0 Å². The first-order valence-electron chi connectivity index (χ1n) is 2.68. The van der Waals surface area contributed by atoms with E-state index in [-0.39, 0.29) is 13.2 Å². The Labute approximate surface area is 59.5 Å². The fourth-order valence-corrected chi connectivity index (χ4v) is 0. The summed E-state index contributed by atoms with van der Waals surface area (Å²) >= 11 is 0. The lowest BCUT2D eigenvalue weighted by molar-refractivity contribution is 0.165. The molecule has 1 amide bonds. The zero-order valence-electron chi connectivity index (χ0n) is 6.11. The standard InChI is InChI=1S/C3H7NO2.C2H6O2/c1-4(2)3(5)6;3-1-2-4/h1-2H3,(H,5,6);3-4H,1-2H2. The highest BCUT2D eigenvalue weighted by Crippen LogP contribution is 1.69. The molecule has 0 aromatic heterocycles. The van der Waals surface area contributed by atoms with Gasteiger partial charge in [-0.05, 0) is 0 Å². The zero-order valence-corrected chi connectivity index (χ0v) is 6.11. The van der Waals surface area contributed by atoms with Crippen LogP contribution >= 0.6 is 0 Å². The van der Waals surface area contributed by atoms with Gasteiger partial charge in [0.25, 0.3) is 0 Å². The summed E-state index contributed by atoms with van der Waals surface area (Å²) in [5.41, 5.74) is 0. The van der Waals surface area contributed by atoms with Crippen LogP contribution in [0, 0.1) is 0 Å². The summed E-state index contributed by atoms with van der Waals surface area (Å²) in [6, 6.07) is 0. The van der Waals surface area contributed by atoms with Crippen LogP contribution in [0.25, 0.3) is 0 Å². The Morgan fingerprint density at radius 3 is 1.50 bits per heavy atom. The number of carboxylic acid groups (broad SMARTS) is 1. The van der Waals surface area contributed by atoms with E-state index in [1.54, 1.807) is 0 Å². The number of hydrogen-bond donors (Lipinski definition) is 3. The van der Waals surface area contributed by atoms with E-state index in [9.17, 15) is 4.79 Å². The Kier molecular flexibility index (Phi) is 9.77. The fourth-order valence-electron chi connectivity index (χ4n) is 0. The molecule has 0 bridgehead atoms. The van der Waals surface area contributed by atoms with Gasteiger partial charge < -0.3 is 20.2 Å². The number of aliphatic hydroxyl groups excluding tert-OH is 2. The van der Waals surface area contributed by atoms with Gasteiger partial charge in [-0.25, -0.2) is 4.79 Å². The molecule has 0 heterocycles. The molecule has 0 fully saturated rings. The summed E-state index contributed by atoms with van der Waals surface area (Å²) in [5.74, 6) is 0. The predicted octanol–water partition coefficient (Wildman–Crippen LogP) is -0.803. The molecule has 0 aliphatic rings. The van der Waals surface area contributed by atoms with Crippen molar-refractivity contribution in [3.05, 3.63) is 0 Å². The molecule has 0 atom stereocenters. The average Bonchev–Trinajstić information content (AvgIpc) is 1.89. The fraction of sp³-hybridized carbons (Fsp3) is 0.800. The maximum absolute atomic E-state index is 9.62. The van der Waals surface area contributed by atoms with Crippen molar-refractivity contribution in [3.63, 3.8) is 0 Å². The minimum atomic E-state index is -0.907. The molecule has 3 N–H and O–H groups in total. The molecule has 62 valence electrons. The second-order valence-corrected chi connectivity index (χ2v) is 1.62. The Hall–Kier alpha value is -0.810. The molecule has 0 spiro atoms. The molecule has 0 aromatic carbocycles. The van der Waals surface area contributed by atoms with Crippen molar-refractivity contribution in [1.82, 2.24) is 4.90 Å². The zero-order chi connectivity index (χ0) is 8.57. The summed E-state index contributed by atoms with van der Waals surface area (Å²) in [6.45, 7) is -0.250. The maximum Gasteiger partial charge on any atom is 0.406 e.